The van der Waals surface area contributed by atoms with Crippen LogP contribution in [0.2, 0.25) is 0 Å². The summed E-state index contributed by atoms with van der Waals surface area (Å²) >= 11 is 0. The molecule has 1 aliphatic heterocycles. The summed E-state index contributed by atoms with van der Waals surface area (Å²) in [4.78, 5) is 14.6. The Balaban J connectivity index is 2.10. The van der Waals surface area contributed by atoms with Crippen molar-refractivity contribution >= 4 is 5.91 Å². The summed E-state index contributed by atoms with van der Waals surface area (Å²) in [6.45, 7) is 4.71. The number of methoxy groups -OCH3 is 1. The van der Waals surface area contributed by atoms with Gasteiger partial charge in [0.25, 0.3) is 0 Å². The fraction of sp³-hybridized carbons (Fsp3) is 0.611. The molecule has 2 unspecified atom stereocenters. The van der Waals surface area contributed by atoms with E-state index in [1.165, 1.54) is 12.8 Å². The molecule has 1 aromatic rings. The summed E-state index contributed by atoms with van der Waals surface area (Å²) < 4.78 is 5.51. The number of ether oxygens (including phenoxy) is 1. The topological polar surface area (TPSA) is 67.6 Å². The van der Waals surface area contributed by atoms with E-state index in [0.29, 0.717) is 6.54 Å². The third kappa shape index (κ3) is 4.69. The van der Waals surface area contributed by atoms with Crippen LogP contribution in [0, 0.1) is 0 Å². The number of nitrogens with zero attached hydrogens (tertiary/aromatic N) is 1. The Hall–Kier alpha value is -1.59. The largest absolute Gasteiger partial charge is 0.496 e. The molecule has 2 atom stereocenters. The number of hydrogen-bond donors (Lipinski definition) is 2. The molecule has 0 aliphatic carbocycles. The molecule has 23 heavy (non-hydrogen) atoms. The molecular weight excluding hydrogens is 290 g/mol. The van der Waals surface area contributed by atoms with Crippen molar-refractivity contribution in [2.45, 2.75) is 44.7 Å². The highest BCUT2D eigenvalue weighted by atomic mass is 16.5. The average Bonchev–Trinajstić information content (AvgIpc) is 3.09. The van der Waals surface area contributed by atoms with E-state index in [4.69, 9.17) is 10.5 Å². The molecule has 1 aliphatic rings. The molecule has 0 bridgehead atoms. The molecule has 0 radical (unpaired) electrons. The Kier molecular flexibility index (Phi) is 6.86. The van der Waals surface area contributed by atoms with Crippen LogP contribution in [0.5, 0.6) is 5.75 Å². The number of rotatable bonds is 8. The Bertz CT molecular complexity index is 501. The highest BCUT2D eigenvalue weighted by molar-refractivity contribution is 5.81. The van der Waals surface area contributed by atoms with Crippen LogP contribution in [0.4, 0.5) is 0 Å². The molecule has 1 heterocycles. The lowest BCUT2D eigenvalue weighted by atomic mass is 10.0. The molecule has 128 valence electrons. The molecular formula is C18H29N3O2. The zero-order chi connectivity index (χ0) is 16.7. The van der Waals surface area contributed by atoms with E-state index in [1.807, 2.05) is 25.1 Å². The first-order valence-corrected chi connectivity index (χ1v) is 8.57. The van der Waals surface area contributed by atoms with Crippen LogP contribution in [-0.2, 0) is 4.79 Å². The molecule has 3 N–H and O–H groups in total. The van der Waals surface area contributed by atoms with E-state index < -0.39 is 6.04 Å². The Morgan fingerprint density at radius 1 is 1.35 bits per heavy atom. The summed E-state index contributed by atoms with van der Waals surface area (Å²) in [5.74, 6) is 0.808. The van der Waals surface area contributed by atoms with E-state index in [2.05, 4.69) is 16.3 Å². The zero-order valence-electron chi connectivity index (χ0n) is 14.3. The Labute approximate surface area is 139 Å². The number of carbonyl (C=O) groups excluding carboxylic acids is 1. The van der Waals surface area contributed by atoms with Crippen LogP contribution in [0.3, 0.4) is 0 Å². The number of benzene rings is 1. The quantitative estimate of drug-likeness (QED) is 0.770. The molecule has 0 saturated carbocycles. The number of para-hydroxylation sites is 1. The van der Waals surface area contributed by atoms with Crippen molar-refractivity contribution < 1.29 is 9.53 Å². The standard InChI is InChI=1S/C18H29N3O2/c1-3-8-15(19)18(22)20-13-16(21-11-6-7-12-21)14-9-4-5-10-17(14)23-2/h4-5,9-10,15-16H,3,6-8,11-13,19H2,1-2H3,(H,20,22). The van der Waals surface area contributed by atoms with Gasteiger partial charge in [-0.2, -0.15) is 0 Å². The highest BCUT2D eigenvalue weighted by Gasteiger charge is 2.26. The van der Waals surface area contributed by atoms with Gasteiger partial charge in [0.15, 0.2) is 0 Å². The van der Waals surface area contributed by atoms with Crippen LogP contribution in [0.25, 0.3) is 0 Å². The second-order valence-corrected chi connectivity index (χ2v) is 6.14. The average molecular weight is 319 g/mol. The third-order valence-corrected chi connectivity index (χ3v) is 4.49. The van der Waals surface area contributed by atoms with E-state index in [1.54, 1.807) is 7.11 Å². The molecule has 0 aromatic heterocycles. The maximum absolute atomic E-state index is 12.2. The van der Waals surface area contributed by atoms with Gasteiger partial charge < -0.3 is 15.8 Å². The Morgan fingerprint density at radius 3 is 2.70 bits per heavy atom. The molecule has 1 fully saturated rings. The van der Waals surface area contributed by atoms with Gasteiger partial charge in [-0.05, 0) is 38.4 Å². The maximum Gasteiger partial charge on any atom is 0.236 e. The minimum Gasteiger partial charge on any atom is -0.496 e. The predicted octanol–water partition coefficient (Wildman–Crippen LogP) is 2.08. The van der Waals surface area contributed by atoms with E-state index in [0.717, 1.165) is 37.2 Å². The summed E-state index contributed by atoms with van der Waals surface area (Å²) in [5, 5.41) is 3.03. The Morgan fingerprint density at radius 2 is 2.04 bits per heavy atom. The molecule has 0 spiro atoms. The van der Waals surface area contributed by atoms with E-state index >= 15 is 0 Å². The van der Waals surface area contributed by atoms with Crippen LogP contribution in [0.1, 0.15) is 44.2 Å². The van der Waals surface area contributed by atoms with Gasteiger partial charge in [-0.25, -0.2) is 0 Å². The van der Waals surface area contributed by atoms with Crippen molar-refractivity contribution in [3.8, 4) is 5.75 Å². The second-order valence-electron chi connectivity index (χ2n) is 6.14. The first-order valence-electron chi connectivity index (χ1n) is 8.57. The van der Waals surface area contributed by atoms with Gasteiger partial charge in [-0.1, -0.05) is 31.5 Å². The van der Waals surface area contributed by atoms with Crippen LogP contribution < -0.4 is 15.8 Å². The summed E-state index contributed by atoms with van der Waals surface area (Å²) in [5.41, 5.74) is 7.04. The fourth-order valence-electron chi connectivity index (χ4n) is 3.20. The van der Waals surface area contributed by atoms with Gasteiger partial charge in [0.05, 0.1) is 19.2 Å². The fourth-order valence-corrected chi connectivity index (χ4v) is 3.20. The van der Waals surface area contributed by atoms with Crippen molar-refractivity contribution in [1.29, 1.82) is 0 Å². The van der Waals surface area contributed by atoms with Crippen LogP contribution in [0.15, 0.2) is 24.3 Å². The molecule has 1 aromatic carbocycles. The number of nitrogens with two attached hydrogens (primary N) is 1. The lowest BCUT2D eigenvalue weighted by Gasteiger charge is -2.29. The third-order valence-electron chi connectivity index (χ3n) is 4.49. The molecule has 2 rings (SSSR count). The van der Waals surface area contributed by atoms with Crippen LogP contribution >= 0.6 is 0 Å². The number of hydrogen-bond acceptors (Lipinski definition) is 4. The van der Waals surface area contributed by atoms with Gasteiger partial charge in [-0.15, -0.1) is 0 Å². The van der Waals surface area contributed by atoms with Gasteiger partial charge in [0, 0.05) is 12.1 Å². The number of nitrogens with one attached hydrogen (secondary N) is 1. The van der Waals surface area contributed by atoms with Crippen molar-refractivity contribution in [3.05, 3.63) is 29.8 Å². The van der Waals surface area contributed by atoms with Gasteiger partial charge in [0.1, 0.15) is 5.75 Å². The zero-order valence-corrected chi connectivity index (χ0v) is 14.3. The molecule has 5 heteroatoms. The smallest absolute Gasteiger partial charge is 0.236 e. The van der Waals surface area contributed by atoms with Crippen molar-refractivity contribution in [3.63, 3.8) is 0 Å². The van der Waals surface area contributed by atoms with Gasteiger partial charge in [0.2, 0.25) is 5.91 Å². The maximum atomic E-state index is 12.2. The number of likely N-dealkylation sites (tertiary alicyclic amines) is 1. The van der Waals surface area contributed by atoms with E-state index in [9.17, 15) is 4.79 Å². The second kappa shape index (κ2) is 8.89. The van der Waals surface area contributed by atoms with Crippen molar-refractivity contribution in [2.24, 2.45) is 5.73 Å². The van der Waals surface area contributed by atoms with Crippen LogP contribution in [-0.4, -0.2) is 43.6 Å². The molecule has 5 nitrogen and oxygen atoms in total. The summed E-state index contributed by atoms with van der Waals surface area (Å²) in [6.07, 6.45) is 4.04. The first kappa shape index (κ1) is 17.8. The SMILES string of the molecule is CCCC(N)C(=O)NCC(c1ccccc1OC)N1CCCC1. The normalized spacial score (nSPS) is 17.7. The van der Waals surface area contributed by atoms with Gasteiger partial charge >= 0.3 is 0 Å². The number of carbonyl (C=O) groups is 1. The lowest BCUT2D eigenvalue weighted by molar-refractivity contribution is -0.122. The van der Waals surface area contributed by atoms with Gasteiger partial charge in [-0.3, -0.25) is 9.69 Å². The lowest BCUT2D eigenvalue weighted by Crippen LogP contribution is -2.44. The van der Waals surface area contributed by atoms with Crippen molar-refractivity contribution in [1.82, 2.24) is 10.2 Å². The summed E-state index contributed by atoms with van der Waals surface area (Å²) in [6, 6.07) is 7.76. The number of amides is 1. The molecule has 1 saturated heterocycles. The molecule has 1 amide bonds. The predicted molar refractivity (Wildman–Crippen MR) is 92.4 cm³/mol. The summed E-state index contributed by atoms with van der Waals surface area (Å²) in [7, 11) is 1.69. The highest BCUT2D eigenvalue weighted by Crippen LogP contribution is 2.31. The minimum atomic E-state index is -0.420. The first-order chi connectivity index (χ1) is 11.2. The van der Waals surface area contributed by atoms with Crippen molar-refractivity contribution in [2.75, 3.05) is 26.7 Å². The monoisotopic (exact) mass is 319 g/mol. The van der Waals surface area contributed by atoms with E-state index in [-0.39, 0.29) is 11.9 Å². The minimum absolute atomic E-state index is 0.0639.